The standard InChI is InChI=1S/C12H13BrO2/c13-7-12(14)10-2-1-3-11(6-10)15-8-9-4-5-9/h1-3,6,9H,4-5,7-8H2. The third-order valence-corrected chi connectivity index (χ3v) is 2.97. The molecule has 1 aromatic carbocycles. The Bertz CT molecular complexity index is 358. The van der Waals surface area contributed by atoms with Crippen molar-refractivity contribution in [1.29, 1.82) is 0 Å². The Morgan fingerprint density at radius 2 is 2.27 bits per heavy atom. The molecular formula is C12H13BrO2. The van der Waals surface area contributed by atoms with Crippen molar-refractivity contribution >= 4 is 21.7 Å². The average molecular weight is 269 g/mol. The zero-order valence-electron chi connectivity index (χ0n) is 8.41. The van der Waals surface area contributed by atoms with Crippen LogP contribution in [-0.4, -0.2) is 17.7 Å². The van der Waals surface area contributed by atoms with Gasteiger partial charge in [0.1, 0.15) is 5.75 Å². The molecule has 0 bridgehead atoms. The van der Waals surface area contributed by atoms with Crippen molar-refractivity contribution in [3.05, 3.63) is 29.8 Å². The molecule has 80 valence electrons. The first-order valence-corrected chi connectivity index (χ1v) is 6.24. The number of Topliss-reactive ketones (excluding diaryl/α,β-unsaturated/α-hetero) is 1. The van der Waals surface area contributed by atoms with Crippen LogP contribution in [0.4, 0.5) is 0 Å². The smallest absolute Gasteiger partial charge is 0.173 e. The zero-order valence-corrected chi connectivity index (χ0v) is 10.00. The Morgan fingerprint density at radius 3 is 2.93 bits per heavy atom. The molecule has 1 fully saturated rings. The number of rotatable bonds is 5. The second-order valence-corrected chi connectivity index (χ2v) is 4.40. The molecule has 0 unspecified atom stereocenters. The van der Waals surface area contributed by atoms with Crippen LogP contribution in [0.2, 0.25) is 0 Å². The van der Waals surface area contributed by atoms with E-state index in [1.165, 1.54) is 12.8 Å². The van der Waals surface area contributed by atoms with Gasteiger partial charge in [-0.15, -0.1) is 0 Å². The van der Waals surface area contributed by atoms with Gasteiger partial charge in [-0.25, -0.2) is 0 Å². The Hall–Kier alpha value is -0.830. The third-order valence-electron chi connectivity index (χ3n) is 2.46. The summed E-state index contributed by atoms with van der Waals surface area (Å²) in [5.74, 6) is 1.63. The molecule has 0 N–H and O–H groups in total. The molecule has 1 aliphatic carbocycles. The van der Waals surface area contributed by atoms with Crippen LogP contribution in [0.1, 0.15) is 23.2 Å². The van der Waals surface area contributed by atoms with Crippen molar-refractivity contribution in [2.75, 3.05) is 11.9 Å². The first-order chi connectivity index (χ1) is 7.29. The molecule has 0 saturated heterocycles. The molecule has 1 aliphatic rings. The maximum atomic E-state index is 11.4. The quantitative estimate of drug-likeness (QED) is 0.606. The van der Waals surface area contributed by atoms with Gasteiger partial charge in [0.25, 0.3) is 0 Å². The summed E-state index contributed by atoms with van der Waals surface area (Å²) in [6.07, 6.45) is 2.56. The van der Waals surface area contributed by atoms with Crippen molar-refractivity contribution < 1.29 is 9.53 Å². The van der Waals surface area contributed by atoms with Crippen LogP contribution >= 0.6 is 15.9 Å². The molecule has 1 aromatic rings. The lowest BCUT2D eigenvalue weighted by Gasteiger charge is -2.06. The summed E-state index contributed by atoms with van der Waals surface area (Å²) in [5, 5.41) is 0.360. The van der Waals surface area contributed by atoms with E-state index in [0.29, 0.717) is 10.9 Å². The lowest BCUT2D eigenvalue weighted by Crippen LogP contribution is -2.02. The highest BCUT2D eigenvalue weighted by molar-refractivity contribution is 9.09. The molecular weight excluding hydrogens is 256 g/mol. The molecule has 15 heavy (non-hydrogen) atoms. The number of hydrogen-bond acceptors (Lipinski definition) is 2. The summed E-state index contributed by atoms with van der Waals surface area (Å²) in [7, 11) is 0. The molecule has 0 aliphatic heterocycles. The van der Waals surface area contributed by atoms with Crippen LogP contribution in [-0.2, 0) is 0 Å². The highest BCUT2D eigenvalue weighted by Gasteiger charge is 2.21. The molecule has 0 heterocycles. The van der Waals surface area contributed by atoms with Crippen molar-refractivity contribution in [3.63, 3.8) is 0 Å². The largest absolute Gasteiger partial charge is 0.493 e. The number of hydrogen-bond donors (Lipinski definition) is 0. The fourth-order valence-corrected chi connectivity index (χ4v) is 1.66. The second-order valence-electron chi connectivity index (χ2n) is 3.84. The summed E-state index contributed by atoms with van der Waals surface area (Å²) in [6, 6.07) is 7.38. The SMILES string of the molecule is O=C(CBr)c1cccc(OCC2CC2)c1. The summed E-state index contributed by atoms with van der Waals surface area (Å²) in [6.45, 7) is 0.784. The molecule has 0 aromatic heterocycles. The highest BCUT2D eigenvalue weighted by atomic mass is 79.9. The van der Waals surface area contributed by atoms with Crippen LogP contribution in [0.25, 0.3) is 0 Å². The first kappa shape index (κ1) is 10.7. The van der Waals surface area contributed by atoms with Crippen LogP contribution in [0.5, 0.6) is 5.75 Å². The number of carbonyl (C=O) groups is 1. The van der Waals surface area contributed by atoms with Gasteiger partial charge >= 0.3 is 0 Å². The molecule has 0 radical (unpaired) electrons. The van der Waals surface area contributed by atoms with E-state index >= 15 is 0 Å². The molecule has 0 atom stereocenters. The van der Waals surface area contributed by atoms with E-state index in [-0.39, 0.29) is 5.78 Å². The fourth-order valence-electron chi connectivity index (χ4n) is 1.34. The Kier molecular flexibility index (Phi) is 3.41. The van der Waals surface area contributed by atoms with Gasteiger partial charge in [0.05, 0.1) is 11.9 Å². The Balaban J connectivity index is 2.00. The van der Waals surface area contributed by atoms with Crippen LogP contribution in [0.15, 0.2) is 24.3 Å². The second kappa shape index (κ2) is 4.79. The highest BCUT2D eigenvalue weighted by Crippen LogP contribution is 2.29. The van der Waals surface area contributed by atoms with E-state index in [1.807, 2.05) is 24.3 Å². The topological polar surface area (TPSA) is 26.3 Å². The molecule has 1 saturated carbocycles. The van der Waals surface area contributed by atoms with E-state index in [1.54, 1.807) is 0 Å². The number of benzene rings is 1. The molecule has 0 amide bonds. The van der Waals surface area contributed by atoms with Gasteiger partial charge in [-0.3, -0.25) is 4.79 Å². The van der Waals surface area contributed by atoms with E-state index in [2.05, 4.69) is 15.9 Å². The van der Waals surface area contributed by atoms with Crippen LogP contribution in [0.3, 0.4) is 0 Å². The maximum Gasteiger partial charge on any atom is 0.173 e. The van der Waals surface area contributed by atoms with E-state index in [9.17, 15) is 4.79 Å². The molecule has 2 rings (SSSR count). The van der Waals surface area contributed by atoms with Crippen molar-refractivity contribution in [1.82, 2.24) is 0 Å². The number of alkyl halides is 1. The lowest BCUT2D eigenvalue weighted by molar-refractivity contribution is 0.102. The van der Waals surface area contributed by atoms with Crippen molar-refractivity contribution in [2.45, 2.75) is 12.8 Å². The van der Waals surface area contributed by atoms with Gasteiger partial charge in [-0.2, -0.15) is 0 Å². The number of carbonyl (C=O) groups excluding carboxylic acids is 1. The summed E-state index contributed by atoms with van der Waals surface area (Å²) < 4.78 is 5.60. The minimum Gasteiger partial charge on any atom is -0.493 e. The van der Waals surface area contributed by atoms with E-state index < -0.39 is 0 Å². The average Bonchev–Trinajstić information content (AvgIpc) is 3.09. The molecule has 3 heteroatoms. The first-order valence-electron chi connectivity index (χ1n) is 5.11. The van der Waals surface area contributed by atoms with Crippen molar-refractivity contribution in [2.24, 2.45) is 5.92 Å². The van der Waals surface area contributed by atoms with Gasteiger partial charge in [0, 0.05) is 5.56 Å². The predicted octanol–water partition coefficient (Wildman–Crippen LogP) is 3.05. The fraction of sp³-hybridized carbons (Fsp3) is 0.417. The van der Waals surface area contributed by atoms with Gasteiger partial charge in [-0.1, -0.05) is 28.1 Å². The predicted molar refractivity (Wildman–Crippen MR) is 62.8 cm³/mol. The molecule has 0 spiro atoms. The summed E-state index contributed by atoms with van der Waals surface area (Å²) in [4.78, 5) is 11.4. The summed E-state index contributed by atoms with van der Waals surface area (Å²) in [5.41, 5.74) is 0.708. The summed E-state index contributed by atoms with van der Waals surface area (Å²) >= 11 is 3.16. The van der Waals surface area contributed by atoms with Crippen LogP contribution in [0, 0.1) is 5.92 Å². The zero-order chi connectivity index (χ0) is 10.7. The van der Waals surface area contributed by atoms with Gasteiger partial charge < -0.3 is 4.74 Å². The van der Waals surface area contributed by atoms with Crippen molar-refractivity contribution in [3.8, 4) is 5.75 Å². The lowest BCUT2D eigenvalue weighted by atomic mass is 10.1. The normalized spacial score (nSPS) is 15.0. The van der Waals surface area contributed by atoms with E-state index in [4.69, 9.17) is 4.74 Å². The van der Waals surface area contributed by atoms with Crippen LogP contribution < -0.4 is 4.74 Å². The van der Waals surface area contributed by atoms with E-state index in [0.717, 1.165) is 18.3 Å². The van der Waals surface area contributed by atoms with Gasteiger partial charge in [-0.05, 0) is 30.9 Å². The minimum atomic E-state index is 0.0897. The maximum absolute atomic E-state index is 11.4. The van der Waals surface area contributed by atoms with Gasteiger partial charge in [0.2, 0.25) is 0 Å². The number of ketones is 1. The van der Waals surface area contributed by atoms with Gasteiger partial charge in [0.15, 0.2) is 5.78 Å². The Morgan fingerprint density at radius 1 is 1.47 bits per heavy atom. The minimum absolute atomic E-state index is 0.0897. The Labute approximate surface area is 97.8 Å². The third kappa shape index (κ3) is 3.06. The number of ether oxygens (including phenoxy) is 1. The monoisotopic (exact) mass is 268 g/mol. The molecule has 2 nitrogen and oxygen atoms in total. The number of halogens is 1.